The summed E-state index contributed by atoms with van der Waals surface area (Å²) in [5.41, 5.74) is 7.23. The minimum absolute atomic E-state index is 0.206. The van der Waals surface area contributed by atoms with Gasteiger partial charge in [0.15, 0.2) is 0 Å². The summed E-state index contributed by atoms with van der Waals surface area (Å²) in [5.74, 6) is 0.970. The molecule has 0 fully saturated rings. The highest BCUT2D eigenvalue weighted by Gasteiger charge is 2.10. The van der Waals surface area contributed by atoms with Crippen LogP contribution >= 0.6 is 15.9 Å². The topological polar surface area (TPSA) is 35.2 Å². The summed E-state index contributed by atoms with van der Waals surface area (Å²) in [5, 5.41) is 0. The van der Waals surface area contributed by atoms with Gasteiger partial charge in [0.25, 0.3) is 0 Å². The average Bonchev–Trinajstić information content (AvgIpc) is 2.37. The van der Waals surface area contributed by atoms with Crippen molar-refractivity contribution in [1.82, 2.24) is 0 Å². The second-order valence-corrected chi connectivity index (χ2v) is 5.51. The second kappa shape index (κ2) is 8.54. The molecule has 0 aliphatic carbocycles. The van der Waals surface area contributed by atoms with E-state index in [-0.39, 0.29) is 6.04 Å². The van der Waals surface area contributed by atoms with Gasteiger partial charge in [-0.15, -0.1) is 0 Å². The number of unbranched alkanes of at least 4 members (excludes halogenated alkanes) is 2. The molecule has 1 rings (SSSR count). The Kier molecular flexibility index (Phi) is 7.36. The third-order valence-corrected chi connectivity index (χ3v) is 3.67. The standard InChI is InChI=1S/C15H24BrNO/c1-3-5-6-10-18-15-12(11-13(17)4-2)8-7-9-14(15)16/h7-9,13H,3-6,10-11,17H2,1-2H3. The van der Waals surface area contributed by atoms with E-state index >= 15 is 0 Å². The van der Waals surface area contributed by atoms with Gasteiger partial charge in [-0.25, -0.2) is 0 Å². The maximum absolute atomic E-state index is 6.03. The van der Waals surface area contributed by atoms with Crippen LogP contribution in [-0.2, 0) is 6.42 Å². The monoisotopic (exact) mass is 313 g/mol. The molecule has 1 atom stereocenters. The fourth-order valence-electron chi connectivity index (χ4n) is 1.83. The molecule has 0 heterocycles. The molecule has 0 aromatic heterocycles. The maximum Gasteiger partial charge on any atom is 0.136 e. The number of benzene rings is 1. The van der Waals surface area contributed by atoms with E-state index < -0.39 is 0 Å². The molecule has 0 saturated carbocycles. The summed E-state index contributed by atoms with van der Waals surface area (Å²) in [4.78, 5) is 0. The summed E-state index contributed by atoms with van der Waals surface area (Å²) < 4.78 is 6.94. The minimum atomic E-state index is 0.206. The number of ether oxygens (including phenoxy) is 1. The van der Waals surface area contributed by atoms with E-state index in [0.29, 0.717) is 0 Å². The SMILES string of the molecule is CCCCCOc1c(Br)cccc1CC(N)CC. The first-order chi connectivity index (χ1) is 8.69. The van der Waals surface area contributed by atoms with E-state index in [1.807, 2.05) is 12.1 Å². The number of hydrogen-bond donors (Lipinski definition) is 1. The smallest absolute Gasteiger partial charge is 0.136 e. The third kappa shape index (κ3) is 4.99. The van der Waals surface area contributed by atoms with Crippen LogP contribution in [-0.4, -0.2) is 12.6 Å². The Balaban J connectivity index is 2.67. The van der Waals surface area contributed by atoms with Crippen molar-refractivity contribution >= 4 is 15.9 Å². The fourth-order valence-corrected chi connectivity index (χ4v) is 2.35. The van der Waals surface area contributed by atoms with Crippen LogP contribution in [0.4, 0.5) is 0 Å². The largest absolute Gasteiger partial charge is 0.492 e. The van der Waals surface area contributed by atoms with Gasteiger partial charge in [-0.3, -0.25) is 0 Å². The number of hydrogen-bond acceptors (Lipinski definition) is 2. The Morgan fingerprint density at radius 3 is 2.72 bits per heavy atom. The first-order valence-corrected chi connectivity index (χ1v) is 7.64. The number of nitrogens with two attached hydrogens (primary N) is 1. The van der Waals surface area contributed by atoms with E-state index in [2.05, 4.69) is 35.8 Å². The number of para-hydroxylation sites is 1. The van der Waals surface area contributed by atoms with Crippen LogP contribution < -0.4 is 10.5 Å². The molecule has 1 aromatic carbocycles. The van der Waals surface area contributed by atoms with Crippen molar-refractivity contribution in [2.75, 3.05) is 6.61 Å². The van der Waals surface area contributed by atoms with Crippen LogP contribution in [0.2, 0.25) is 0 Å². The minimum Gasteiger partial charge on any atom is -0.492 e. The molecule has 0 amide bonds. The van der Waals surface area contributed by atoms with Crippen LogP contribution in [0.15, 0.2) is 22.7 Å². The van der Waals surface area contributed by atoms with E-state index in [0.717, 1.165) is 36.1 Å². The highest BCUT2D eigenvalue weighted by atomic mass is 79.9. The van der Waals surface area contributed by atoms with Gasteiger partial charge < -0.3 is 10.5 Å². The summed E-state index contributed by atoms with van der Waals surface area (Å²) in [6, 6.07) is 6.38. The van der Waals surface area contributed by atoms with Crippen LogP contribution in [0.3, 0.4) is 0 Å². The molecule has 0 aliphatic rings. The lowest BCUT2D eigenvalue weighted by Gasteiger charge is -2.15. The van der Waals surface area contributed by atoms with E-state index in [1.54, 1.807) is 0 Å². The van der Waals surface area contributed by atoms with Gasteiger partial charge in [0.2, 0.25) is 0 Å². The Morgan fingerprint density at radius 2 is 2.06 bits per heavy atom. The second-order valence-electron chi connectivity index (χ2n) is 4.66. The summed E-state index contributed by atoms with van der Waals surface area (Å²) in [7, 11) is 0. The highest BCUT2D eigenvalue weighted by molar-refractivity contribution is 9.10. The first-order valence-electron chi connectivity index (χ1n) is 6.84. The van der Waals surface area contributed by atoms with E-state index in [9.17, 15) is 0 Å². The average molecular weight is 314 g/mol. The van der Waals surface area contributed by atoms with Gasteiger partial charge in [0.1, 0.15) is 5.75 Å². The fraction of sp³-hybridized carbons (Fsp3) is 0.600. The van der Waals surface area contributed by atoms with E-state index in [1.165, 1.54) is 18.4 Å². The van der Waals surface area contributed by atoms with Crippen molar-refractivity contribution in [3.8, 4) is 5.75 Å². The zero-order chi connectivity index (χ0) is 13.4. The predicted molar refractivity (Wildman–Crippen MR) is 81.1 cm³/mol. The van der Waals surface area contributed by atoms with Crippen LogP contribution in [0.1, 0.15) is 45.1 Å². The lowest BCUT2D eigenvalue weighted by atomic mass is 10.0. The lowest BCUT2D eigenvalue weighted by Crippen LogP contribution is -2.21. The van der Waals surface area contributed by atoms with Gasteiger partial charge >= 0.3 is 0 Å². The zero-order valence-corrected chi connectivity index (χ0v) is 13.0. The van der Waals surface area contributed by atoms with E-state index in [4.69, 9.17) is 10.5 Å². The normalized spacial score (nSPS) is 12.4. The quantitative estimate of drug-likeness (QED) is 0.726. The molecule has 3 heteroatoms. The Hall–Kier alpha value is -0.540. The van der Waals surface area contributed by atoms with Crippen molar-refractivity contribution in [2.24, 2.45) is 5.73 Å². The van der Waals surface area contributed by atoms with Gasteiger partial charge in [-0.2, -0.15) is 0 Å². The Morgan fingerprint density at radius 1 is 1.28 bits per heavy atom. The molecule has 2 nitrogen and oxygen atoms in total. The molecule has 0 bridgehead atoms. The van der Waals surface area contributed by atoms with Crippen LogP contribution in [0.25, 0.3) is 0 Å². The molecule has 0 radical (unpaired) electrons. The lowest BCUT2D eigenvalue weighted by molar-refractivity contribution is 0.300. The molecule has 0 saturated heterocycles. The maximum atomic E-state index is 6.03. The van der Waals surface area contributed by atoms with Gasteiger partial charge in [0, 0.05) is 6.04 Å². The molecule has 0 aliphatic heterocycles. The first kappa shape index (κ1) is 15.5. The van der Waals surface area contributed by atoms with Gasteiger partial charge in [0.05, 0.1) is 11.1 Å². The molecule has 1 unspecified atom stereocenters. The molecular weight excluding hydrogens is 290 g/mol. The predicted octanol–water partition coefficient (Wildman–Crippen LogP) is 4.30. The van der Waals surface area contributed by atoms with Crippen molar-refractivity contribution < 1.29 is 4.74 Å². The number of rotatable bonds is 8. The van der Waals surface area contributed by atoms with Gasteiger partial charge in [-0.05, 0) is 46.8 Å². The van der Waals surface area contributed by atoms with Crippen molar-refractivity contribution in [3.05, 3.63) is 28.2 Å². The summed E-state index contributed by atoms with van der Waals surface area (Å²) >= 11 is 3.56. The summed E-state index contributed by atoms with van der Waals surface area (Å²) in [6.07, 6.45) is 5.40. The highest BCUT2D eigenvalue weighted by Crippen LogP contribution is 2.30. The van der Waals surface area contributed by atoms with Crippen molar-refractivity contribution in [3.63, 3.8) is 0 Å². The van der Waals surface area contributed by atoms with Crippen LogP contribution in [0.5, 0.6) is 5.75 Å². The number of halogens is 1. The summed E-state index contributed by atoms with van der Waals surface area (Å²) in [6.45, 7) is 5.10. The zero-order valence-electron chi connectivity index (χ0n) is 11.4. The van der Waals surface area contributed by atoms with Crippen molar-refractivity contribution in [2.45, 2.75) is 52.0 Å². The molecule has 2 N–H and O–H groups in total. The molecule has 18 heavy (non-hydrogen) atoms. The molecule has 0 spiro atoms. The Labute approximate surface area is 119 Å². The molecular formula is C15H24BrNO. The van der Waals surface area contributed by atoms with Crippen molar-refractivity contribution in [1.29, 1.82) is 0 Å². The van der Waals surface area contributed by atoms with Gasteiger partial charge in [-0.1, -0.05) is 38.8 Å². The third-order valence-electron chi connectivity index (χ3n) is 3.05. The Bertz CT molecular complexity index is 354. The van der Waals surface area contributed by atoms with Crippen LogP contribution in [0, 0.1) is 0 Å². The molecule has 102 valence electrons. The molecule has 1 aromatic rings.